The molecule has 0 aliphatic heterocycles. The van der Waals surface area contributed by atoms with E-state index in [4.69, 9.17) is 23.2 Å². The molecule has 0 aromatic heterocycles. The van der Waals surface area contributed by atoms with Crippen molar-refractivity contribution in [3.63, 3.8) is 0 Å². The second-order valence-corrected chi connectivity index (χ2v) is 6.52. The minimum Gasteiger partial charge on any atom is -0.550 e. The molecule has 0 radical (unpaired) electrons. The molecule has 2 rings (SSSR count). The van der Waals surface area contributed by atoms with Crippen LogP contribution in [-0.4, -0.2) is 11.9 Å². The summed E-state index contributed by atoms with van der Waals surface area (Å²) in [6.45, 7) is 3.80. The van der Waals surface area contributed by atoms with Crippen molar-refractivity contribution in [2.75, 3.05) is 5.32 Å². The molecule has 1 aromatic rings. The minimum atomic E-state index is -1.20. The minimum absolute atomic E-state index is 0.336. The molecular formula is C16H16Cl2NO3-. The predicted octanol–water partition coefficient (Wildman–Crippen LogP) is 3.04. The van der Waals surface area contributed by atoms with Crippen LogP contribution in [0.5, 0.6) is 0 Å². The predicted molar refractivity (Wildman–Crippen MR) is 84.7 cm³/mol. The van der Waals surface area contributed by atoms with Crippen LogP contribution in [0.25, 0.3) is 0 Å². The largest absolute Gasteiger partial charge is 0.550 e. The number of hydrogen-bond donors (Lipinski definition) is 1. The number of carboxylic acid groups (broad SMARTS) is 1. The van der Waals surface area contributed by atoms with Crippen molar-refractivity contribution >= 4 is 40.8 Å². The maximum Gasteiger partial charge on any atom is 0.228 e. The molecule has 0 saturated carbocycles. The maximum atomic E-state index is 12.4. The topological polar surface area (TPSA) is 69.2 Å². The second kappa shape index (κ2) is 6.71. The lowest BCUT2D eigenvalue weighted by Crippen LogP contribution is -2.42. The summed E-state index contributed by atoms with van der Waals surface area (Å²) in [7, 11) is 0. The highest BCUT2D eigenvalue weighted by atomic mass is 35.5. The van der Waals surface area contributed by atoms with Crippen LogP contribution in [0.2, 0.25) is 10.0 Å². The molecule has 1 aromatic carbocycles. The third kappa shape index (κ3) is 3.81. The first-order valence-corrected chi connectivity index (χ1v) is 7.66. The standard InChI is InChI=1S/C16H17Cl2NO3/c1-8-3-13(14(16(21)22)4-9(8)2)15(20)19-12-6-10(17)5-11(18)7-12/h5-7,13-14H,3-4H2,1-2H3,(H,19,20)(H,21,22)/p-1/t13-,14+/m1/s1. The van der Waals surface area contributed by atoms with Crippen molar-refractivity contribution in [3.8, 4) is 0 Å². The average Bonchev–Trinajstić information content (AvgIpc) is 2.39. The number of allylic oxidation sites excluding steroid dienone is 2. The van der Waals surface area contributed by atoms with Gasteiger partial charge in [-0.05, 0) is 44.9 Å². The Morgan fingerprint density at radius 1 is 1.05 bits per heavy atom. The van der Waals surface area contributed by atoms with Crippen molar-refractivity contribution in [3.05, 3.63) is 39.4 Å². The van der Waals surface area contributed by atoms with Gasteiger partial charge in [0.05, 0.1) is 5.92 Å². The Kier molecular flexibility index (Phi) is 5.14. The zero-order valence-electron chi connectivity index (χ0n) is 12.3. The molecule has 0 spiro atoms. The van der Waals surface area contributed by atoms with Gasteiger partial charge in [0.15, 0.2) is 0 Å². The molecule has 0 saturated heterocycles. The number of carbonyl (C=O) groups excluding carboxylic acids is 2. The summed E-state index contributed by atoms with van der Waals surface area (Å²) >= 11 is 11.8. The number of carboxylic acids is 1. The normalized spacial score (nSPS) is 21.6. The highest BCUT2D eigenvalue weighted by molar-refractivity contribution is 6.35. The number of halogens is 2. The van der Waals surface area contributed by atoms with E-state index in [-0.39, 0.29) is 5.91 Å². The molecule has 0 bridgehead atoms. The molecule has 0 unspecified atom stereocenters. The van der Waals surface area contributed by atoms with Gasteiger partial charge < -0.3 is 15.2 Å². The van der Waals surface area contributed by atoms with E-state index in [1.807, 2.05) is 13.8 Å². The average molecular weight is 341 g/mol. The van der Waals surface area contributed by atoms with Crippen LogP contribution >= 0.6 is 23.2 Å². The Labute approximate surface area is 139 Å². The van der Waals surface area contributed by atoms with E-state index >= 15 is 0 Å². The molecule has 1 amide bonds. The summed E-state index contributed by atoms with van der Waals surface area (Å²) in [4.78, 5) is 23.8. The van der Waals surface area contributed by atoms with Crippen LogP contribution < -0.4 is 10.4 Å². The van der Waals surface area contributed by atoms with Crippen LogP contribution in [0.1, 0.15) is 26.7 Å². The van der Waals surface area contributed by atoms with Crippen LogP contribution in [-0.2, 0) is 9.59 Å². The number of rotatable bonds is 3. The number of carbonyl (C=O) groups is 2. The summed E-state index contributed by atoms with van der Waals surface area (Å²) in [5.74, 6) is -3.04. The Hall–Kier alpha value is -1.52. The third-order valence-electron chi connectivity index (χ3n) is 4.04. The number of anilines is 1. The Bertz CT molecular complexity index is 635. The first-order valence-electron chi connectivity index (χ1n) is 6.91. The highest BCUT2D eigenvalue weighted by Crippen LogP contribution is 2.35. The van der Waals surface area contributed by atoms with Gasteiger partial charge in [0.1, 0.15) is 0 Å². The fourth-order valence-corrected chi connectivity index (χ4v) is 3.20. The molecule has 0 fully saturated rings. The van der Waals surface area contributed by atoms with Crippen LogP contribution in [0, 0.1) is 11.8 Å². The Morgan fingerprint density at radius 2 is 1.55 bits per heavy atom. The number of nitrogens with one attached hydrogen (secondary N) is 1. The van der Waals surface area contributed by atoms with Crippen molar-refractivity contribution in [1.29, 1.82) is 0 Å². The third-order valence-corrected chi connectivity index (χ3v) is 4.47. The van der Waals surface area contributed by atoms with Gasteiger partial charge in [0.2, 0.25) is 5.91 Å². The van der Waals surface area contributed by atoms with E-state index in [0.29, 0.717) is 28.6 Å². The first-order chi connectivity index (χ1) is 10.3. The molecule has 0 heterocycles. The zero-order valence-corrected chi connectivity index (χ0v) is 13.8. The Morgan fingerprint density at radius 3 is 2.05 bits per heavy atom. The van der Waals surface area contributed by atoms with Crippen molar-refractivity contribution in [2.45, 2.75) is 26.7 Å². The summed E-state index contributed by atoms with van der Waals surface area (Å²) in [5, 5.41) is 14.8. The van der Waals surface area contributed by atoms with E-state index in [2.05, 4.69) is 5.32 Å². The molecule has 1 aliphatic carbocycles. The van der Waals surface area contributed by atoms with Gasteiger partial charge in [0.25, 0.3) is 0 Å². The molecule has 4 nitrogen and oxygen atoms in total. The Balaban J connectivity index is 2.21. The highest BCUT2D eigenvalue weighted by Gasteiger charge is 2.33. The fraction of sp³-hybridized carbons (Fsp3) is 0.375. The lowest BCUT2D eigenvalue weighted by atomic mass is 9.76. The van der Waals surface area contributed by atoms with Crippen LogP contribution in [0.15, 0.2) is 29.3 Å². The molecule has 6 heteroatoms. The van der Waals surface area contributed by atoms with E-state index in [9.17, 15) is 14.7 Å². The van der Waals surface area contributed by atoms with E-state index in [0.717, 1.165) is 11.1 Å². The fourth-order valence-electron chi connectivity index (χ4n) is 2.68. The van der Waals surface area contributed by atoms with Crippen LogP contribution in [0.4, 0.5) is 5.69 Å². The number of amides is 1. The second-order valence-electron chi connectivity index (χ2n) is 5.65. The summed E-state index contributed by atoms with van der Waals surface area (Å²) in [6, 6.07) is 4.69. The monoisotopic (exact) mass is 340 g/mol. The van der Waals surface area contributed by atoms with Gasteiger partial charge in [-0.1, -0.05) is 34.3 Å². The van der Waals surface area contributed by atoms with Gasteiger partial charge in [-0.2, -0.15) is 0 Å². The first kappa shape index (κ1) is 16.8. The molecule has 2 atom stereocenters. The smallest absolute Gasteiger partial charge is 0.228 e. The zero-order chi connectivity index (χ0) is 16.4. The lowest BCUT2D eigenvalue weighted by Gasteiger charge is -2.32. The van der Waals surface area contributed by atoms with Gasteiger partial charge in [0, 0.05) is 27.6 Å². The molecule has 1 aliphatic rings. The van der Waals surface area contributed by atoms with E-state index in [1.165, 1.54) is 0 Å². The number of benzene rings is 1. The van der Waals surface area contributed by atoms with E-state index in [1.54, 1.807) is 18.2 Å². The quantitative estimate of drug-likeness (QED) is 0.859. The van der Waals surface area contributed by atoms with Crippen molar-refractivity contribution < 1.29 is 14.7 Å². The lowest BCUT2D eigenvalue weighted by molar-refractivity contribution is -0.313. The van der Waals surface area contributed by atoms with Crippen molar-refractivity contribution in [2.24, 2.45) is 11.8 Å². The van der Waals surface area contributed by atoms with Gasteiger partial charge >= 0.3 is 0 Å². The van der Waals surface area contributed by atoms with Crippen molar-refractivity contribution in [1.82, 2.24) is 0 Å². The summed E-state index contributed by atoms with van der Waals surface area (Å²) < 4.78 is 0. The van der Waals surface area contributed by atoms with Gasteiger partial charge in [-0.25, -0.2) is 0 Å². The van der Waals surface area contributed by atoms with Crippen LogP contribution in [0.3, 0.4) is 0 Å². The molecule has 1 N–H and O–H groups in total. The SMILES string of the molecule is CC1=C(C)C[C@@H](C(=O)Nc2cc(Cl)cc(Cl)c2)[C@@H](C(=O)[O-])C1. The number of hydrogen-bond acceptors (Lipinski definition) is 3. The van der Waals surface area contributed by atoms with Gasteiger partial charge in [-0.15, -0.1) is 0 Å². The summed E-state index contributed by atoms with van der Waals surface area (Å²) in [5.41, 5.74) is 2.49. The van der Waals surface area contributed by atoms with Gasteiger partial charge in [-0.3, -0.25) is 4.79 Å². The molecule has 22 heavy (non-hydrogen) atoms. The molecule has 118 valence electrons. The number of aliphatic carboxylic acids is 1. The summed E-state index contributed by atoms with van der Waals surface area (Å²) in [6.07, 6.45) is 0.743. The maximum absolute atomic E-state index is 12.4. The molecular weight excluding hydrogens is 325 g/mol. The van der Waals surface area contributed by atoms with E-state index < -0.39 is 17.8 Å².